The lowest BCUT2D eigenvalue weighted by Crippen LogP contribution is -2.17. The van der Waals surface area contributed by atoms with E-state index in [2.05, 4.69) is 11.6 Å². The molecule has 5 heteroatoms. The fraction of sp³-hybridized carbons (Fsp3) is 0.0952. The first-order valence-corrected chi connectivity index (χ1v) is 8.16. The van der Waals surface area contributed by atoms with Crippen molar-refractivity contribution in [3.05, 3.63) is 95.0 Å². The minimum atomic E-state index is -0.123. The molecule has 26 heavy (non-hydrogen) atoms. The van der Waals surface area contributed by atoms with Crippen molar-refractivity contribution in [2.45, 2.75) is 6.92 Å². The molecule has 0 amide bonds. The molecule has 3 aromatic rings. The van der Waals surface area contributed by atoms with E-state index in [1.165, 1.54) is 4.57 Å². The van der Waals surface area contributed by atoms with Crippen molar-refractivity contribution in [2.24, 2.45) is 7.05 Å². The number of nitrogens with one attached hydrogen (secondary N) is 1. The summed E-state index contributed by atoms with van der Waals surface area (Å²) >= 11 is 0. The van der Waals surface area contributed by atoms with Gasteiger partial charge in [0, 0.05) is 36.0 Å². The Bertz CT molecular complexity index is 1070. The summed E-state index contributed by atoms with van der Waals surface area (Å²) in [6.07, 6.45) is 6.82. The van der Waals surface area contributed by atoms with Gasteiger partial charge in [-0.25, -0.2) is 0 Å². The second-order valence-corrected chi connectivity index (χ2v) is 5.87. The molecule has 0 radical (unpaired) electrons. The van der Waals surface area contributed by atoms with Gasteiger partial charge in [-0.3, -0.25) is 4.79 Å². The molecule has 2 heterocycles. The van der Waals surface area contributed by atoms with E-state index in [0.717, 1.165) is 10.9 Å². The predicted molar refractivity (Wildman–Crippen MR) is 104 cm³/mol. The van der Waals surface area contributed by atoms with Crippen LogP contribution in [-0.2, 0) is 7.05 Å². The molecule has 0 atom stereocenters. The average Bonchev–Trinajstić information content (AvgIpc) is 3.12. The van der Waals surface area contributed by atoms with Crippen LogP contribution in [0.1, 0.15) is 12.5 Å². The number of benzene rings is 1. The summed E-state index contributed by atoms with van der Waals surface area (Å²) in [5, 5.41) is 11.0. The zero-order valence-corrected chi connectivity index (χ0v) is 14.7. The molecule has 132 valence electrons. The lowest BCUT2D eigenvalue weighted by molar-refractivity contribution is 0.352. The molecule has 0 spiro atoms. The van der Waals surface area contributed by atoms with Gasteiger partial charge in [-0.15, -0.1) is 0 Å². The molecule has 0 saturated heterocycles. The maximum Gasteiger partial charge on any atom is 0.274 e. The minimum Gasteiger partial charge on any atom is -0.509 e. The third kappa shape index (κ3) is 3.19. The van der Waals surface area contributed by atoms with Gasteiger partial charge in [-0.1, -0.05) is 36.9 Å². The molecule has 0 aliphatic rings. The Morgan fingerprint density at radius 3 is 2.65 bits per heavy atom. The molecular formula is C21H20N2O3. The quantitative estimate of drug-likeness (QED) is 0.533. The van der Waals surface area contributed by atoms with Crippen LogP contribution in [0, 0.1) is 0 Å². The van der Waals surface area contributed by atoms with Crippen LogP contribution in [0.2, 0.25) is 0 Å². The molecule has 5 nitrogen and oxygen atoms in total. The zero-order chi connectivity index (χ0) is 18.7. The Kier molecular flexibility index (Phi) is 4.80. The van der Waals surface area contributed by atoms with E-state index in [1.807, 2.05) is 24.3 Å². The van der Waals surface area contributed by atoms with Gasteiger partial charge in [0.1, 0.15) is 17.0 Å². The Morgan fingerprint density at radius 2 is 2.00 bits per heavy atom. The Hall–Kier alpha value is -3.47. The van der Waals surface area contributed by atoms with E-state index in [9.17, 15) is 9.90 Å². The van der Waals surface area contributed by atoms with Gasteiger partial charge in [0.2, 0.25) is 0 Å². The number of rotatable bonds is 5. The van der Waals surface area contributed by atoms with Crippen molar-refractivity contribution < 1.29 is 9.84 Å². The van der Waals surface area contributed by atoms with E-state index >= 15 is 0 Å². The number of para-hydroxylation sites is 1. The summed E-state index contributed by atoms with van der Waals surface area (Å²) < 4.78 is 7.45. The van der Waals surface area contributed by atoms with Crippen LogP contribution in [0.4, 0.5) is 0 Å². The molecule has 0 unspecified atom stereocenters. The highest BCUT2D eigenvalue weighted by atomic mass is 16.5. The maximum atomic E-state index is 12.3. The normalized spacial score (nSPS) is 12.8. The lowest BCUT2D eigenvalue weighted by Gasteiger charge is -2.16. The number of hydrogen-bond donors (Lipinski definition) is 2. The third-order valence-electron chi connectivity index (χ3n) is 4.01. The molecular weight excluding hydrogens is 328 g/mol. The van der Waals surface area contributed by atoms with Crippen molar-refractivity contribution in [1.29, 1.82) is 0 Å². The van der Waals surface area contributed by atoms with Crippen LogP contribution >= 0.6 is 0 Å². The van der Waals surface area contributed by atoms with Crippen molar-refractivity contribution in [2.75, 3.05) is 0 Å². The summed E-state index contributed by atoms with van der Waals surface area (Å²) in [6, 6.07) is 11.0. The first-order valence-electron chi connectivity index (χ1n) is 8.16. The first-order chi connectivity index (χ1) is 12.5. The van der Waals surface area contributed by atoms with Gasteiger partial charge in [-0.2, -0.15) is 0 Å². The molecule has 0 aliphatic carbocycles. The molecule has 3 rings (SSSR count). The third-order valence-corrected chi connectivity index (χ3v) is 4.01. The first kappa shape index (κ1) is 17.4. The molecule has 2 aromatic heterocycles. The van der Waals surface area contributed by atoms with Crippen molar-refractivity contribution in [1.82, 2.24) is 9.55 Å². The summed E-state index contributed by atoms with van der Waals surface area (Å²) in [4.78, 5) is 15.3. The monoisotopic (exact) mass is 348 g/mol. The summed E-state index contributed by atoms with van der Waals surface area (Å²) in [6.45, 7) is 5.33. The average molecular weight is 348 g/mol. The maximum absolute atomic E-state index is 12.3. The van der Waals surface area contributed by atoms with Crippen LogP contribution in [0.5, 0.6) is 5.75 Å². The molecule has 2 N–H and O–H groups in total. The molecule has 0 aliphatic heterocycles. The molecule has 0 saturated carbocycles. The van der Waals surface area contributed by atoms with E-state index in [1.54, 1.807) is 50.6 Å². The number of fused-ring (bicyclic) bond motifs is 1. The number of allylic oxidation sites excluding steroid dienone is 4. The van der Waals surface area contributed by atoms with Crippen molar-refractivity contribution >= 4 is 16.5 Å². The lowest BCUT2D eigenvalue weighted by atomic mass is 10.0. The molecule has 1 aromatic carbocycles. The van der Waals surface area contributed by atoms with Crippen LogP contribution < -0.4 is 10.3 Å². The number of aromatic nitrogens is 2. The van der Waals surface area contributed by atoms with Crippen LogP contribution in [0.3, 0.4) is 0 Å². The highest BCUT2D eigenvalue weighted by Crippen LogP contribution is 2.31. The van der Waals surface area contributed by atoms with Crippen molar-refractivity contribution in [3.63, 3.8) is 0 Å². The van der Waals surface area contributed by atoms with Gasteiger partial charge in [0.25, 0.3) is 5.56 Å². The number of aryl methyl sites for hydroxylation is 1. The largest absolute Gasteiger partial charge is 0.509 e. The topological polar surface area (TPSA) is 67.2 Å². The Morgan fingerprint density at radius 1 is 1.27 bits per heavy atom. The van der Waals surface area contributed by atoms with Gasteiger partial charge in [0.05, 0.1) is 0 Å². The van der Waals surface area contributed by atoms with Crippen molar-refractivity contribution in [3.8, 4) is 5.75 Å². The number of pyridine rings is 1. The number of ether oxygens (including phenoxy) is 1. The van der Waals surface area contributed by atoms with Gasteiger partial charge >= 0.3 is 0 Å². The smallest absolute Gasteiger partial charge is 0.274 e. The summed E-state index contributed by atoms with van der Waals surface area (Å²) in [5.41, 5.74) is 1.75. The van der Waals surface area contributed by atoms with E-state index in [4.69, 9.17) is 4.74 Å². The predicted octanol–water partition coefficient (Wildman–Crippen LogP) is 4.30. The minimum absolute atomic E-state index is 0.0273. The fourth-order valence-corrected chi connectivity index (χ4v) is 2.82. The number of aromatic amines is 1. The molecule has 0 fully saturated rings. The van der Waals surface area contributed by atoms with Crippen LogP contribution in [-0.4, -0.2) is 14.7 Å². The number of H-pyrrole nitrogens is 1. The molecule has 0 bridgehead atoms. The van der Waals surface area contributed by atoms with Gasteiger partial charge in [-0.05, 0) is 25.1 Å². The van der Waals surface area contributed by atoms with E-state index in [0.29, 0.717) is 22.6 Å². The van der Waals surface area contributed by atoms with Gasteiger partial charge in [0.15, 0.2) is 5.76 Å². The highest BCUT2D eigenvalue weighted by molar-refractivity contribution is 5.95. The Labute approximate surface area is 151 Å². The SMILES string of the molecule is C=C/C=C(\C(Oc1ccccc1)=C(/C)O)c1cn(C)c(=O)c2[nH]ccc12. The van der Waals surface area contributed by atoms with Crippen LogP contribution in [0.25, 0.3) is 16.5 Å². The number of aliphatic hydroxyl groups is 1. The second-order valence-electron chi connectivity index (χ2n) is 5.87. The summed E-state index contributed by atoms with van der Waals surface area (Å²) in [5.74, 6) is 0.928. The van der Waals surface area contributed by atoms with Crippen LogP contribution in [0.15, 0.2) is 83.8 Å². The Balaban J connectivity index is 2.21. The number of hydrogen-bond acceptors (Lipinski definition) is 3. The fourth-order valence-electron chi connectivity index (χ4n) is 2.82. The van der Waals surface area contributed by atoms with E-state index < -0.39 is 0 Å². The standard InChI is InChI=1S/C21H20N2O3/c1-4-8-17(20(14(2)24)26-15-9-6-5-7-10-15)18-13-23(3)21(25)19-16(18)11-12-22-19/h4-13,22,24H,1H2,2-3H3/b17-8-,20-14-. The summed E-state index contributed by atoms with van der Waals surface area (Å²) in [7, 11) is 1.69. The van der Waals surface area contributed by atoms with Gasteiger partial charge < -0.3 is 19.4 Å². The zero-order valence-electron chi connectivity index (χ0n) is 14.7. The van der Waals surface area contributed by atoms with E-state index in [-0.39, 0.29) is 11.3 Å². The number of nitrogens with zero attached hydrogens (tertiary/aromatic N) is 1. The second kappa shape index (κ2) is 7.19. The number of aliphatic hydroxyl groups excluding tert-OH is 1. The highest BCUT2D eigenvalue weighted by Gasteiger charge is 2.18.